The Hall–Kier alpha value is -1.64. The van der Waals surface area contributed by atoms with Gasteiger partial charge in [0.25, 0.3) is 0 Å². The smallest absolute Gasteiger partial charge is 0.119 e. The molecule has 4 rings (SSSR count). The van der Waals surface area contributed by atoms with Gasteiger partial charge in [-0.1, -0.05) is 47.5 Å². The van der Waals surface area contributed by atoms with Crippen molar-refractivity contribution >= 4 is 28.9 Å². The van der Waals surface area contributed by atoms with Crippen LogP contribution in [0.2, 0.25) is 10.0 Å². The van der Waals surface area contributed by atoms with E-state index in [9.17, 15) is 0 Å². The summed E-state index contributed by atoms with van der Waals surface area (Å²) in [7, 11) is 1.70. The summed E-state index contributed by atoms with van der Waals surface area (Å²) < 4.78 is 5.38. The molecule has 3 atom stereocenters. The zero-order chi connectivity index (χ0) is 16.0. The molecule has 0 fully saturated rings. The lowest BCUT2D eigenvalue weighted by Gasteiger charge is -2.38. The molecule has 2 nitrogen and oxygen atoms in total. The molecule has 0 unspecified atom stereocenters. The highest BCUT2D eigenvalue weighted by atomic mass is 35.5. The predicted octanol–water partition coefficient (Wildman–Crippen LogP) is 5.83. The minimum atomic E-state index is 0.155. The zero-order valence-electron chi connectivity index (χ0n) is 12.7. The number of nitrogens with one attached hydrogen (secondary N) is 1. The standard InChI is InChI=1S/C19H17Cl2NO/c1-23-11-8-9-17-15(10-11)12-4-2-5-13(12)19(22-17)14-6-3-7-16(20)18(14)21/h2-4,6-10,12-13,19,22H,5H2,1H3/t12-,13+,19-/m1/s1. The van der Waals surface area contributed by atoms with Crippen LogP contribution in [0.5, 0.6) is 5.75 Å². The summed E-state index contributed by atoms with van der Waals surface area (Å²) in [5.74, 6) is 1.70. The summed E-state index contributed by atoms with van der Waals surface area (Å²) in [6, 6.07) is 12.2. The van der Waals surface area contributed by atoms with E-state index in [-0.39, 0.29) is 6.04 Å². The van der Waals surface area contributed by atoms with Crippen LogP contribution >= 0.6 is 23.2 Å². The van der Waals surface area contributed by atoms with Crippen LogP contribution in [0.15, 0.2) is 48.6 Å². The first kappa shape index (κ1) is 14.9. The number of benzene rings is 2. The Labute approximate surface area is 146 Å². The third-order valence-electron chi connectivity index (χ3n) is 4.89. The van der Waals surface area contributed by atoms with Gasteiger partial charge in [0.15, 0.2) is 0 Å². The van der Waals surface area contributed by atoms with Crippen molar-refractivity contribution in [2.24, 2.45) is 5.92 Å². The minimum Gasteiger partial charge on any atom is -0.497 e. The van der Waals surface area contributed by atoms with Crippen molar-refractivity contribution in [1.82, 2.24) is 0 Å². The molecule has 0 amide bonds. The van der Waals surface area contributed by atoms with Gasteiger partial charge in [0.05, 0.1) is 23.2 Å². The molecule has 0 radical (unpaired) electrons. The summed E-state index contributed by atoms with van der Waals surface area (Å²) in [5.41, 5.74) is 3.50. The van der Waals surface area contributed by atoms with E-state index in [1.165, 1.54) is 5.56 Å². The second-order valence-corrected chi connectivity index (χ2v) is 6.86. The number of hydrogen-bond donors (Lipinski definition) is 1. The number of rotatable bonds is 2. The van der Waals surface area contributed by atoms with Gasteiger partial charge in [-0.15, -0.1) is 0 Å². The molecule has 23 heavy (non-hydrogen) atoms. The average Bonchev–Trinajstić information content (AvgIpc) is 3.06. The van der Waals surface area contributed by atoms with E-state index in [1.54, 1.807) is 7.11 Å². The summed E-state index contributed by atoms with van der Waals surface area (Å²) in [6.07, 6.45) is 5.59. The summed E-state index contributed by atoms with van der Waals surface area (Å²) in [4.78, 5) is 0. The number of anilines is 1. The lowest BCUT2D eigenvalue weighted by Crippen LogP contribution is -2.29. The molecule has 0 saturated heterocycles. The number of fused-ring (bicyclic) bond motifs is 3. The Kier molecular flexibility index (Phi) is 3.74. The minimum absolute atomic E-state index is 0.155. The molecule has 0 saturated carbocycles. The van der Waals surface area contributed by atoms with E-state index in [1.807, 2.05) is 18.2 Å². The van der Waals surface area contributed by atoms with Crippen LogP contribution in [0, 0.1) is 5.92 Å². The Morgan fingerprint density at radius 1 is 1.13 bits per heavy atom. The number of methoxy groups -OCH3 is 1. The molecule has 1 N–H and O–H groups in total. The van der Waals surface area contributed by atoms with Crippen LogP contribution in [0.3, 0.4) is 0 Å². The molecule has 4 heteroatoms. The van der Waals surface area contributed by atoms with Crippen LogP contribution in [0.4, 0.5) is 5.69 Å². The van der Waals surface area contributed by atoms with Crippen molar-refractivity contribution in [3.05, 3.63) is 69.7 Å². The van der Waals surface area contributed by atoms with Crippen LogP contribution in [0.25, 0.3) is 0 Å². The molecule has 0 spiro atoms. The fourth-order valence-electron chi connectivity index (χ4n) is 3.77. The summed E-state index contributed by atoms with van der Waals surface area (Å²) >= 11 is 12.7. The molecular formula is C19H17Cl2NO. The first-order chi connectivity index (χ1) is 11.2. The van der Waals surface area contributed by atoms with Gasteiger partial charge in [-0.25, -0.2) is 0 Å². The van der Waals surface area contributed by atoms with E-state index in [2.05, 4.69) is 35.7 Å². The first-order valence-electron chi connectivity index (χ1n) is 7.74. The van der Waals surface area contributed by atoms with Crippen molar-refractivity contribution in [3.63, 3.8) is 0 Å². The van der Waals surface area contributed by atoms with Gasteiger partial charge in [0.1, 0.15) is 5.75 Å². The molecular weight excluding hydrogens is 329 g/mol. The molecule has 1 heterocycles. The van der Waals surface area contributed by atoms with Gasteiger partial charge in [-0.3, -0.25) is 0 Å². The lowest BCUT2D eigenvalue weighted by molar-refractivity contribution is 0.405. The molecule has 0 bridgehead atoms. The molecule has 1 aliphatic heterocycles. The van der Waals surface area contributed by atoms with Crippen molar-refractivity contribution < 1.29 is 4.74 Å². The molecule has 0 aromatic heterocycles. The van der Waals surface area contributed by atoms with Crippen molar-refractivity contribution in [3.8, 4) is 5.75 Å². The second kappa shape index (κ2) is 5.77. The van der Waals surface area contributed by atoms with Crippen LogP contribution in [-0.2, 0) is 0 Å². The van der Waals surface area contributed by atoms with Crippen molar-refractivity contribution in [2.45, 2.75) is 18.4 Å². The predicted molar refractivity (Wildman–Crippen MR) is 95.8 cm³/mol. The third-order valence-corrected chi connectivity index (χ3v) is 5.72. The zero-order valence-corrected chi connectivity index (χ0v) is 14.2. The largest absolute Gasteiger partial charge is 0.497 e. The highest BCUT2D eigenvalue weighted by Gasteiger charge is 2.38. The van der Waals surface area contributed by atoms with E-state index in [0.717, 1.165) is 23.4 Å². The Morgan fingerprint density at radius 2 is 2.00 bits per heavy atom. The van der Waals surface area contributed by atoms with Crippen LogP contribution in [0.1, 0.15) is 29.5 Å². The van der Waals surface area contributed by atoms with E-state index in [4.69, 9.17) is 27.9 Å². The summed E-state index contributed by atoms with van der Waals surface area (Å²) in [5, 5.41) is 4.92. The fraction of sp³-hybridized carbons (Fsp3) is 0.263. The molecule has 2 aliphatic rings. The average molecular weight is 346 g/mol. The Bertz CT molecular complexity index is 787. The lowest BCUT2D eigenvalue weighted by atomic mass is 9.77. The molecule has 2 aromatic rings. The molecule has 118 valence electrons. The van der Waals surface area contributed by atoms with Crippen LogP contribution < -0.4 is 10.1 Å². The molecule has 2 aromatic carbocycles. The highest BCUT2D eigenvalue weighted by molar-refractivity contribution is 6.42. The number of halogens is 2. The topological polar surface area (TPSA) is 21.3 Å². The van der Waals surface area contributed by atoms with Crippen LogP contribution in [-0.4, -0.2) is 7.11 Å². The third kappa shape index (κ3) is 2.41. The Balaban J connectivity index is 1.81. The van der Waals surface area contributed by atoms with Crippen molar-refractivity contribution in [2.75, 3.05) is 12.4 Å². The van der Waals surface area contributed by atoms with E-state index < -0.39 is 0 Å². The number of allylic oxidation sites excluding steroid dienone is 2. The monoisotopic (exact) mass is 345 g/mol. The molecule has 1 aliphatic carbocycles. The van der Waals surface area contributed by atoms with E-state index in [0.29, 0.717) is 21.9 Å². The van der Waals surface area contributed by atoms with Crippen molar-refractivity contribution in [1.29, 1.82) is 0 Å². The quantitative estimate of drug-likeness (QED) is 0.691. The van der Waals surface area contributed by atoms with Gasteiger partial charge < -0.3 is 10.1 Å². The normalized spacial score (nSPS) is 24.7. The maximum atomic E-state index is 6.48. The number of ether oxygens (including phenoxy) is 1. The van der Waals surface area contributed by atoms with Gasteiger partial charge in [-0.05, 0) is 47.7 Å². The van der Waals surface area contributed by atoms with Gasteiger partial charge >= 0.3 is 0 Å². The summed E-state index contributed by atoms with van der Waals surface area (Å²) in [6.45, 7) is 0. The second-order valence-electron chi connectivity index (χ2n) is 6.07. The number of hydrogen-bond acceptors (Lipinski definition) is 2. The SMILES string of the molecule is COc1ccc2c(c1)[C@@H]1C=CC[C@@H]1[C@H](c1cccc(Cl)c1Cl)N2. The first-order valence-corrected chi connectivity index (χ1v) is 8.49. The van der Waals surface area contributed by atoms with Gasteiger partial charge in [-0.2, -0.15) is 0 Å². The van der Waals surface area contributed by atoms with Gasteiger partial charge in [0, 0.05) is 11.6 Å². The van der Waals surface area contributed by atoms with E-state index >= 15 is 0 Å². The maximum Gasteiger partial charge on any atom is 0.119 e. The maximum absolute atomic E-state index is 6.48. The highest BCUT2D eigenvalue weighted by Crippen LogP contribution is 2.51. The Morgan fingerprint density at radius 3 is 2.83 bits per heavy atom. The fourth-order valence-corrected chi connectivity index (χ4v) is 4.19. The van der Waals surface area contributed by atoms with Gasteiger partial charge in [0.2, 0.25) is 0 Å².